The summed E-state index contributed by atoms with van der Waals surface area (Å²) >= 11 is 0. The van der Waals surface area contributed by atoms with Crippen molar-refractivity contribution in [3.05, 3.63) is 194 Å². The zero-order valence-corrected chi connectivity index (χ0v) is 36.6. The summed E-state index contributed by atoms with van der Waals surface area (Å²) in [5, 5.41) is 58.7. The number of aromatic carboxylic acids is 4. The molecule has 0 spiro atoms. The molecule has 320 valence electrons. The summed E-state index contributed by atoms with van der Waals surface area (Å²) < 4.78 is 4.10. The molecule has 0 bridgehead atoms. The molecule has 0 amide bonds. The fourth-order valence-electron chi connectivity index (χ4n) is 5.26. The van der Waals surface area contributed by atoms with Crippen molar-refractivity contribution in [2.75, 3.05) is 0 Å². The molecule has 8 rings (SSSR count). The van der Waals surface area contributed by atoms with Crippen LogP contribution in [0.15, 0.2) is 171 Å². The maximum atomic E-state index is 10.2. The summed E-state index contributed by atoms with van der Waals surface area (Å²) in [4.78, 5) is 53.3. The average Bonchev–Trinajstić information content (AvgIpc) is 4.01. The van der Waals surface area contributed by atoms with E-state index in [1.165, 1.54) is 22.3 Å². The van der Waals surface area contributed by atoms with Gasteiger partial charge in [-0.1, -0.05) is 84.9 Å². The van der Waals surface area contributed by atoms with Gasteiger partial charge in [0.2, 0.25) is 12.7 Å². The standard InChI is InChI=1S/2C15H12N2.2C7H5NO5.2O.U/c2*1-2-4-13(5-3-1)14-6-8-15(9-7-14)17-11-10-16-12-17;2*9-3-1-4(6(10)11)8-5(2-3)7(12)13;;;/h2*1-12H;2*1-2H,(H,8,9)(H,10,11)(H,12,13);;;/q;;;;2*-2;/p-2. The number of aromatic amines is 2. The Morgan fingerprint density at radius 2 is 0.714 bits per heavy atom. The molecule has 4 aromatic heterocycles. The number of hydrogen-bond acceptors (Lipinski definition) is 12. The molecule has 0 saturated carbocycles. The molecule has 4 heterocycles. The number of carbonyl (C=O) groups excluding carboxylic acids is 4. The Morgan fingerprint density at radius 1 is 0.444 bits per heavy atom. The number of rotatable bonds is 8. The van der Waals surface area contributed by atoms with Crippen LogP contribution in [0.3, 0.4) is 0 Å². The van der Waals surface area contributed by atoms with Gasteiger partial charge in [0.05, 0.1) is 46.7 Å². The first-order valence-electron chi connectivity index (χ1n) is 17.5. The second kappa shape index (κ2) is 25.0. The molecule has 0 unspecified atom stereocenters. The van der Waals surface area contributed by atoms with E-state index in [0.717, 1.165) is 35.6 Å². The average molecular weight is 1070 g/mol. The number of nitrogens with zero attached hydrogens (tertiary/aromatic N) is 4. The van der Waals surface area contributed by atoms with Gasteiger partial charge in [-0.25, -0.2) is 29.1 Å². The number of imidazole rings is 2. The van der Waals surface area contributed by atoms with Crippen molar-refractivity contribution in [3.8, 4) is 45.1 Å². The van der Waals surface area contributed by atoms with Crippen molar-refractivity contribution < 1.29 is 101 Å². The van der Waals surface area contributed by atoms with Gasteiger partial charge in [-0.05, 0) is 46.5 Å². The molecule has 4 N–H and O–H groups in total. The van der Waals surface area contributed by atoms with Crippen LogP contribution in [0.1, 0.15) is 42.0 Å². The van der Waals surface area contributed by atoms with E-state index in [2.05, 4.69) is 126 Å². The largest absolute Gasteiger partial charge is 2.00 e. The van der Waals surface area contributed by atoms with Gasteiger partial charge in [0, 0.05) is 55.4 Å². The van der Waals surface area contributed by atoms with Crippen LogP contribution in [-0.2, 0) is 11.0 Å². The van der Waals surface area contributed by atoms with E-state index in [0.29, 0.717) is 0 Å². The molecule has 0 radical (unpaired) electrons. The summed E-state index contributed by atoms with van der Waals surface area (Å²) in [7, 11) is 0. The van der Waals surface area contributed by atoms with Crippen molar-refractivity contribution in [2.45, 2.75) is 0 Å². The molecule has 0 aliphatic rings. The Hall–Kier alpha value is -7.95. The summed E-state index contributed by atoms with van der Waals surface area (Å²) in [5.41, 5.74) is 4.68. The molecule has 19 heteroatoms. The number of benzene rings is 4. The van der Waals surface area contributed by atoms with Gasteiger partial charge in [-0.2, -0.15) is 0 Å². The molecule has 0 aliphatic carbocycles. The van der Waals surface area contributed by atoms with Crippen molar-refractivity contribution >= 4 is 23.9 Å². The fourth-order valence-corrected chi connectivity index (χ4v) is 5.26. The van der Waals surface area contributed by atoms with E-state index in [1.807, 2.05) is 49.6 Å². The van der Waals surface area contributed by atoms with Crippen LogP contribution >= 0.6 is 0 Å². The number of H-pyrrole nitrogens is 2. The van der Waals surface area contributed by atoms with Crippen molar-refractivity contribution in [1.82, 2.24) is 19.9 Å². The zero-order valence-electron chi connectivity index (χ0n) is 32.4. The van der Waals surface area contributed by atoms with Crippen molar-refractivity contribution in [1.29, 1.82) is 0 Å². The first-order chi connectivity index (χ1) is 28.9. The number of aromatic hydroxyl groups is 2. The van der Waals surface area contributed by atoms with Crippen molar-refractivity contribution in [2.24, 2.45) is 0 Å². The minimum atomic E-state index is -1.67. The Balaban J connectivity index is 0.000000287. The number of hydrogen-bond donors (Lipinski definition) is 4. The van der Waals surface area contributed by atoms with E-state index >= 15 is 0 Å². The van der Waals surface area contributed by atoms with Crippen LogP contribution in [0, 0.1) is 31.1 Å². The first kappa shape index (κ1) is 51.2. The summed E-state index contributed by atoms with van der Waals surface area (Å²) in [6.45, 7) is 0. The SMILES string of the molecule is O=C([O-])c1cc(O)cc(C(=O)[O-])n1.O=C([O-])c1cc(O)cc(C(=O)[O-])n1.[O-2].[O-2].[U].c1ccc(-c2ccc(-[n+]3cc[nH]c3)cc2)cc1.c1ccc(-c2ccc(-[n+]3cc[nH]c3)cc2)cc1. The van der Waals surface area contributed by atoms with Crippen LogP contribution < -0.4 is 29.6 Å². The minimum Gasteiger partial charge on any atom is -2.00 e. The molecule has 0 fully saturated rings. The zero-order chi connectivity index (χ0) is 43.0. The normalized spacial score (nSPS) is 9.52. The second-order valence-electron chi connectivity index (χ2n) is 12.2. The van der Waals surface area contributed by atoms with Crippen molar-refractivity contribution in [3.63, 3.8) is 0 Å². The maximum absolute atomic E-state index is 10.2. The van der Waals surface area contributed by atoms with Crippen LogP contribution in [0.4, 0.5) is 0 Å². The first-order valence-corrected chi connectivity index (χ1v) is 17.5. The number of carbonyl (C=O) groups is 4. The van der Waals surface area contributed by atoms with E-state index < -0.39 is 58.2 Å². The smallest absolute Gasteiger partial charge is 0.246 e. The maximum Gasteiger partial charge on any atom is 0.246 e. The Kier molecular flexibility index (Phi) is 20.3. The second-order valence-corrected chi connectivity index (χ2v) is 12.2. The van der Waals surface area contributed by atoms with Gasteiger partial charge in [-0.15, -0.1) is 0 Å². The fraction of sp³-hybridized carbons (Fsp3) is 0. The summed E-state index contributed by atoms with van der Waals surface area (Å²) in [5.74, 6) is -7.71. The van der Waals surface area contributed by atoms with Gasteiger partial charge in [0.25, 0.3) is 0 Å². The Labute approximate surface area is 381 Å². The number of carboxylic acid groups (broad SMARTS) is 4. The molecule has 0 aliphatic heterocycles. The number of pyridine rings is 2. The predicted octanol–water partition coefficient (Wildman–Crippen LogP) is 0.708. The number of carboxylic acids is 4. The van der Waals surface area contributed by atoms with Gasteiger partial charge in [0.1, 0.15) is 47.7 Å². The molecular formula is C44H32N6O12U-6. The number of nitrogens with one attached hydrogen (secondary N) is 2. The molecule has 18 nitrogen and oxygen atoms in total. The molecular weight excluding hydrogens is 1040 g/mol. The van der Waals surface area contributed by atoms with Crippen LogP contribution in [0.2, 0.25) is 0 Å². The predicted molar refractivity (Wildman–Crippen MR) is 206 cm³/mol. The van der Waals surface area contributed by atoms with Crippen LogP contribution in [0.25, 0.3) is 33.6 Å². The quantitative estimate of drug-likeness (QED) is 0.153. The summed E-state index contributed by atoms with van der Waals surface area (Å²) in [6.07, 6.45) is 11.7. The van der Waals surface area contributed by atoms with E-state index in [1.54, 1.807) is 0 Å². The third kappa shape index (κ3) is 15.2. The van der Waals surface area contributed by atoms with Gasteiger partial charge in [-0.3, -0.25) is 0 Å². The van der Waals surface area contributed by atoms with Crippen LogP contribution in [-0.4, -0.2) is 54.0 Å². The molecule has 4 aromatic carbocycles. The van der Waals surface area contributed by atoms with Gasteiger partial charge >= 0.3 is 0 Å². The molecule has 8 aromatic rings. The Bertz CT molecular complexity index is 2420. The third-order valence-corrected chi connectivity index (χ3v) is 8.09. The van der Waals surface area contributed by atoms with E-state index in [-0.39, 0.29) is 42.1 Å². The monoisotopic (exact) mass is 1070 g/mol. The van der Waals surface area contributed by atoms with Gasteiger partial charge in [0.15, 0.2) is 0 Å². The van der Waals surface area contributed by atoms with Gasteiger partial charge < -0.3 is 60.8 Å². The summed E-state index contributed by atoms with van der Waals surface area (Å²) in [6, 6.07) is 41.0. The molecule has 0 atom stereocenters. The third-order valence-electron chi connectivity index (χ3n) is 8.09. The van der Waals surface area contributed by atoms with Crippen LogP contribution in [0.5, 0.6) is 11.5 Å². The van der Waals surface area contributed by atoms with E-state index in [9.17, 15) is 39.6 Å². The topological polar surface area (TPSA) is 323 Å². The van der Waals surface area contributed by atoms with E-state index in [4.69, 9.17) is 10.2 Å². The Morgan fingerprint density at radius 3 is 0.952 bits per heavy atom. The minimum absolute atomic E-state index is 0. The molecule has 0 saturated heterocycles. The molecule has 63 heavy (non-hydrogen) atoms. The number of aromatic nitrogens is 6.